The Labute approximate surface area is 75.0 Å². The van der Waals surface area contributed by atoms with Crippen molar-refractivity contribution in [3.8, 4) is 0 Å². The Hall–Kier alpha value is -1.85. The van der Waals surface area contributed by atoms with Crippen LogP contribution >= 0.6 is 0 Å². The highest BCUT2D eigenvalue weighted by Crippen LogP contribution is 2.20. The zero-order chi connectivity index (χ0) is 9.84. The van der Waals surface area contributed by atoms with Crippen molar-refractivity contribution in [2.75, 3.05) is 11.9 Å². The summed E-state index contributed by atoms with van der Waals surface area (Å²) in [5.74, 6) is 0.271. The molecule has 0 aromatic carbocycles. The molecule has 13 heavy (non-hydrogen) atoms. The van der Waals surface area contributed by atoms with E-state index in [0.29, 0.717) is 6.54 Å². The molecule has 0 amide bonds. The van der Waals surface area contributed by atoms with Gasteiger partial charge < -0.3 is 5.32 Å². The van der Waals surface area contributed by atoms with Crippen LogP contribution in [0.4, 0.5) is 11.5 Å². The summed E-state index contributed by atoms with van der Waals surface area (Å²) in [6.07, 6.45) is 2.96. The lowest BCUT2D eigenvalue weighted by Gasteiger charge is -1.95. The number of hydrogen-bond donors (Lipinski definition) is 1. The average molecular weight is 182 g/mol. The number of anilines is 1. The third-order valence-corrected chi connectivity index (χ3v) is 1.42. The van der Waals surface area contributed by atoms with Crippen molar-refractivity contribution < 1.29 is 4.92 Å². The van der Waals surface area contributed by atoms with Crippen LogP contribution in [0.15, 0.2) is 18.9 Å². The van der Waals surface area contributed by atoms with Crippen LogP contribution in [0.3, 0.4) is 0 Å². The molecule has 1 aromatic heterocycles. The molecular formula is C7H10N4O2. The van der Waals surface area contributed by atoms with E-state index in [1.54, 1.807) is 13.1 Å². The van der Waals surface area contributed by atoms with Gasteiger partial charge in [-0.2, -0.15) is 0 Å². The van der Waals surface area contributed by atoms with Crippen molar-refractivity contribution in [3.05, 3.63) is 29.0 Å². The fourth-order valence-corrected chi connectivity index (χ4v) is 0.904. The molecule has 0 aliphatic heterocycles. The molecule has 1 aromatic rings. The minimum atomic E-state index is -0.474. The van der Waals surface area contributed by atoms with Gasteiger partial charge in [0.15, 0.2) is 0 Å². The van der Waals surface area contributed by atoms with Gasteiger partial charge in [0.1, 0.15) is 6.20 Å². The third kappa shape index (κ3) is 2.05. The maximum atomic E-state index is 10.5. The van der Waals surface area contributed by atoms with Gasteiger partial charge in [-0.3, -0.25) is 14.8 Å². The molecule has 0 aliphatic rings. The quantitative estimate of drug-likeness (QED) is 0.427. The zero-order valence-electron chi connectivity index (χ0n) is 7.23. The van der Waals surface area contributed by atoms with E-state index in [1.165, 1.54) is 10.9 Å². The number of rotatable bonds is 4. The fraction of sp³-hybridized carbons (Fsp3) is 0.286. The highest BCUT2D eigenvalue weighted by molar-refractivity contribution is 5.54. The maximum Gasteiger partial charge on any atom is 0.330 e. The van der Waals surface area contributed by atoms with Crippen LogP contribution in [0.5, 0.6) is 0 Å². The van der Waals surface area contributed by atoms with Crippen molar-refractivity contribution in [2.24, 2.45) is 7.05 Å². The Morgan fingerprint density at radius 2 is 2.62 bits per heavy atom. The van der Waals surface area contributed by atoms with Gasteiger partial charge in [-0.1, -0.05) is 6.08 Å². The van der Waals surface area contributed by atoms with E-state index in [0.717, 1.165) is 0 Å². The van der Waals surface area contributed by atoms with E-state index in [2.05, 4.69) is 17.0 Å². The first-order valence-corrected chi connectivity index (χ1v) is 3.68. The van der Waals surface area contributed by atoms with Crippen LogP contribution in [0.2, 0.25) is 0 Å². The van der Waals surface area contributed by atoms with Crippen LogP contribution in [0, 0.1) is 10.1 Å². The molecule has 0 saturated carbocycles. The van der Waals surface area contributed by atoms with Crippen molar-refractivity contribution in [1.29, 1.82) is 0 Å². The number of nitrogens with one attached hydrogen (secondary N) is 1. The lowest BCUT2D eigenvalue weighted by molar-refractivity contribution is -0.384. The summed E-state index contributed by atoms with van der Waals surface area (Å²) in [7, 11) is 1.63. The lowest BCUT2D eigenvalue weighted by atomic mass is 10.5. The molecule has 1 rings (SSSR count). The highest BCUT2D eigenvalue weighted by Gasteiger charge is 2.16. The number of nitro groups is 1. The van der Waals surface area contributed by atoms with E-state index in [1.807, 2.05) is 0 Å². The van der Waals surface area contributed by atoms with E-state index in [-0.39, 0.29) is 11.5 Å². The largest absolute Gasteiger partial charge is 0.359 e. The number of aromatic nitrogens is 2. The van der Waals surface area contributed by atoms with Gasteiger partial charge in [-0.15, -0.1) is 11.7 Å². The second-order valence-corrected chi connectivity index (χ2v) is 2.46. The van der Waals surface area contributed by atoms with Gasteiger partial charge in [0.25, 0.3) is 0 Å². The molecule has 0 atom stereocenters. The van der Waals surface area contributed by atoms with Crippen LogP contribution < -0.4 is 5.32 Å². The molecule has 6 heteroatoms. The molecule has 1 heterocycles. The van der Waals surface area contributed by atoms with E-state index >= 15 is 0 Å². The molecule has 0 unspecified atom stereocenters. The molecule has 0 radical (unpaired) electrons. The van der Waals surface area contributed by atoms with Crippen molar-refractivity contribution in [3.63, 3.8) is 0 Å². The molecule has 0 bridgehead atoms. The minimum absolute atomic E-state index is 0.0237. The van der Waals surface area contributed by atoms with Crippen LogP contribution in [0.25, 0.3) is 0 Å². The first-order chi connectivity index (χ1) is 6.15. The summed E-state index contributed by atoms with van der Waals surface area (Å²) in [5.41, 5.74) is -0.0237. The first kappa shape index (κ1) is 9.24. The standard InChI is InChI=1S/C7H10N4O2/c1-3-4-8-7-6(11(12)13)5-10(2)9-7/h3,5H,1,4H2,2H3,(H,8,9). The summed E-state index contributed by atoms with van der Waals surface area (Å²) < 4.78 is 1.39. The smallest absolute Gasteiger partial charge is 0.330 e. The van der Waals surface area contributed by atoms with Crippen molar-refractivity contribution in [2.45, 2.75) is 0 Å². The molecule has 0 spiro atoms. The molecular weight excluding hydrogens is 172 g/mol. The predicted octanol–water partition coefficient (Wildman–Crippen LogP) is 0.926. The third-order valence-electron chi connectivity index (χ3n) is 1.42. The van der Waals surface area contributed by atoms with Gasteiger partial charge in [-0.05, 0) is 0 Å². The zero-order valence-corrected chi connectivity index (χ0v) is 7.23. The van der Waals surface area contributed by atoms with Crippen molar-refractivity contribution >= 4 is 11.5 Å². The van der Waals surface area contributed by atoms with E-state index in [9.17, 15) is 10.1 Å². The van der Waals surface area contributed by atoms with Gasteiger partial charge in [0.05, 0.1) is 4.92 Å². The van der Waals surface area contributed by atoms with E-state index in [4.69, 9.17) is 0 Å². The predicted molar refractivity (Wildman–Crippen MR) is 48.5 cm³/mol. The Morgan fingerprint density at radius 1 is 1.92 bits per heavy atom. The molecule has 6 nitrogen and oxygen atoms in total. The number of aryl methyl sites for hydroxylation is 1. The fourth-order valence-electron chi connectivity index (χ4n) is 0.904. The summed E-state index contributed by atoms with van der Waals surface area (Å²) in [6, 6.07) is 0. The van der Waals surface area contributed by atoms with Gasteiger partial charge in [-0.25, -0.2) is 0 Å². The SMILES string of the molecule is C=CCNc1nn(C)cc1[N+](=O)[O-]. The molecule has 1 N–H and O–H groups in total. The Balaban J connectivity index is 2.90. The van der Waals surface area contributed by atoms with Crippen LogP contribution in [0.1, 0.15) is 0 Å². The Kier molecular flexibility index (Phi) is 2.63. The van der Waals surface area contributed by atoms with Crippen LogP contribution in [-0.4, -0.2) is 21.2 Å². The van der Waals surface area contributed by atoms with E-state index < -0.39 is 4.92 Å². The first-order valence-electron chi connectivity index (χ1n) is 3.68. The molecule has 70 valence electrons. The Morgan fingerprint density at radius 3 is 3.15 bits per heavy atom. The molecule has 0 aliphatic carbocycles. The number of nitrogens with zero attached hydrogens (tertiary/aromatic N) is 3. The summed E-state index contributed by atoms with van der Waals surface area (Å²) in [6.45, 7) is 3.95. The maximum absolute atomic E-state index is 10.5. The normalized spacial score (nSPS) is 9.62. The second-order valence-electron chi connectivity index (χ2n) is 2.46. The topological polar surface area (TPSA) is 73.0 Å². The second kappa shape index (κ2) is 3.70. The van der Waals surface area contributed by atoms with Gasteiger partial charge in [0.2, 0.25) is 5.82 Å². The summed E-state index contributed by atoms with van der Waals surface area (Å²) in [4.78, 5) is 10.0. The summed E-state index contributed by atoms with van der Waals surface area (Å²) >= 11 is 0. The number of hydrogen-bond acceptors (Lipinski definition) is 4. The molecule has 0 fully saturated rings. The monoisotopic (exact) mass is 182 g/mol. The van der Waals surface area contributed by atoms with Crippen molar-refractivity contribution in [1.82, 2.24) is 9.78 Å². The summed E-state index contributed by atoms with van der Waals surface area (Å²) in [5, 5.41) is 17.1. The average Bonchev–Trinajstić information content (AvgIpc) is 2.43. The Bertz CT molecular complexity index is 331. The van der Waals surface area contributed by atoms with Gasteiger partial charge >= 0.3 is 5.69 Å². The van der Waals surface area contributed by atoms with Gasteiger partial charge in [0, 0.05) is 13.6 Å². The minimum Gasteiger partial charge on any atom is -0.359 e. The molecule has 0 saturated heterocycles. The lowest BCUT2D eigenvalue weighted by Crippen LogP contribution is -2.01. The highest BCUT2D eigenvalue weighted by atomic mass is 16.6. The van der Waals surface area contributed by atoms with Crippen LogP contribution in [-0.2, 0) is 7.05 Å².